The van der Waals surface area contributed by atoms with Crippen LogP contribution in [-0.4, -0.2) is 29.4 Å². The van der Waals surface area contributed by atoms with Crippen molar-refractivity contribution in [2.75, 3.05) is 6.54 Å². The molecule has 110 valence electrons. The van der Waals surface area contributed by atoms with Crippen LogP contribution in [0.5, 0.6) is 0 Å². The molecule has 1 aliphatic heterocycles. The number of nitrogens with one attached hydrogen (secondary N) is 1. The van der Waals surface area contributed by atoms with Crippen LogP contribution in [0.25, 0.3) is 0 Å². The normalized spacial score (nSPS) is 19.8. The number of benzene rings is 1. The maximum Gasteiger partial charge on any atom is 0.240 e. The monoisotopic (exact) mass is 282 g/mol. The Morgan fingerprint density at radius 3 is 2.80 bits per heavy atom. The molecular weight excluding hydrogens is 262 g/mol. The largest absolute Gasteiger partial charge is 0.337 e. The van der Waals surface area contributed by atoms with Crippen LogP contribution in [0.1, 0.15) is 32.3 Å². The van der Waals surface area contributed by atoms with Crippen LogP contribution < -0.4 is 5.32 Å². The number of carbonyl (C=O) groups is 1. The third-order valence-corrected chi connectivity index (χ3v) is 3.44. The molecule has 2 rings (SSSR count). The molecule has 1 heterocycles. The lowest BCUT2D eigenvalue weighted by atomic mass is 10.0. The zero-order valence-electron chi connectivity index (χ0n) is 11.8. The predicted octanol–water partition coefficient (Wildman–Crippen LogP) is 2.45. The highest BCUT2D eigenvalue weighted by Gasteiger charge is 2.29. The molecular formula is C15H20F2N2O. The molecule has 1 aliphatic rings. The van der Waals surface area contributed by atoms with Crippen molar-refractivity contribution in [2.24, 2.45) is 0 Å². The van der Waals surface area contributed by atoms with Gasteiger partial charge in [-0.25, -0.2) is 8.78 Å². The molecule has 1 atom stereocenters. The zero-order valence-corrected chi connectivity index (χ0v) is 11.8. The fourth-order valence-corrected chi connectivity index (χ4v) is 2.51. The van der Waals surface area contributed by atoms with Crippen molar-refractivity contribution >= 4 is 5.91 Å². The van der Waals surface area contributed by atoms with Crippen LogP contribution in [0.15, 0.2) is 18.2 Å². The quantitative estimate of drug-likeness (QED) is 0.920. The maximum absolute atomic E-state index is 13.6. The molecule has 1 unspecified atom stereocenters. The number of hydrogen-bond acceptors (Lipinski definition) is 2. The minimum absolute atomic E-state index is 0.00586. The van der Waals surface area contributed by atoms with Crippen LogP contribution >= 0.6 is 0 Å². The van der Waals surface area contributed by atoms with E-state index in [0.29, 0.717) is 12.1 Å². The van der Waals surface area contributed by atoms with Gasteiger partial charge in [-0.15, -0.1) is 0 Å². The minimum Gasteiger partial charge on any atom is -0.337 e. The number of nitrogens with zero attached hydrogens (tertiary/aromatic N) is 1. The molecule has 0 aromatic heterocycles. The van der Waals surface area contributed by atoms with E-state index in [4.69, 9.17) is 0 Å². The van der Waals surface area contributed by atoms with Gasteiger partial charge in [0.25, 0.3) is 0 Å². The first kappa shape index (κ1) is 14.9. The highest BCUT2D eigenvalue weighted by atomic mass is 19.1. The van der Waals surface area contributed by atoms with Crippen LogP contribution in [0, 0.1) is 11.6 Å². The first-order valence-corrected chi connectivity index (χ1v) is 6.96. The summed E-state index contributed by atoms with van der Waals surface area (Å²) in [6.07, 6.45) is 1.69. The van der Waals surface area contributed by atoms with Gasteiger partial charge in [-0.2, -0.15) is 0 Å². The lowest BCUT2D eigenvalue weighted by molar-refractivity contribution is -0.136. The summed E-state index contributed by atoms with van der Waals surface area (Å²) >= 11 is 0. The van der Waals surface area contributed by atoms with E-state index >= 15 is 0 Å². The molecule has 1 saturated heterocycles. The van der Waals surface area contributed by atoms with Crippen molar-refractivity contribution in [3.05, 3.63) is 35.4 Å². The Kier molecular flexibility index (Phi) is 4.70. The van der Waals surface area contributed by atoms with E-state index in [0.717, 1.165) is 18.9 Å². The molecule has 1 amide bonds. The third kappa shape index (κ3) is 3.54. The molecule has 5 heteroatoms. The number of hydrogen-bond donors (Lipinski definition) is 1. The summed E-state index contributed by atoms with van der Waals surface area (Å²) in [6, 6.07) is 3.50. The second kappa shape index (κ2) is 6.31. The fraction of sp³-hybridized carbons (Fsp3) is 0.533. The maximum atomic E-state index is 13.6. The van der Waals surface area contributed by atoms with E-state index < -0.39 is 11.6 Å². The van der Waals surface area contributed by atoms with Crippen LogP contribution in [-0.2, 0) is 11.3 Å². The number of carbonyl (C=O) groups excluding carboxylic acids is 1. The summed E-state index contributed by atoms with van der Waals surface area (Å²) < 4.78 is 26.5. The Morgan fingerprint density at radius 2 is 2.15 bits per heavy atom. The van der Waals surface area contributed by atoms with Crippen molar-refractivity contribution in [2.45, 2.75) is 45.3 Å². The minimum atomic E-state index is -0.601. The Bertz CT molecular complexity index is 491. The van der Waals surface area contributed by atoms with E-state index in [2.05, 4.69) is 5.32 Å². The lowest BCUT2D eigenvalue weighted by Gasteiger charge is -2.33. The highest BCUT2D eigenvalue weighted by molar-refractivity contribution is 5.82. The lowest BCUT2D eigenvalue weighted by Crippen LogP contribution is -2.52. The van der Waals surface area contributed by atoms with E-state index in [1.807, 2.05) is 13.8 Å². The van der Waals surface area contributed by atoms with Gasteiger partial charge in [0.2, 0.25) is 5.91 Å². The molecule has 1 fully saturated rings. The second-order valence-electron chi connectivity index (χ2n) is 5.51. The summed E-state index contributed by atoms with van der Waals surface area (Å²) in [4.78, 5) is 13.9. The van der Waals surface area contributed by atoms with E-state index in [1.54, 1.807) is 4.90 Å². The van der Waals surface area contributed by atoms with Gasteiger partial charge in [-0.1, -0.05) is 19.9 Å². The molecule has 20 heavy (non-hydrogen) atoms. The topological polar surface area (TPSA) is 32.3 Å². The number of piperidine rings is 1. The molecule has 0 aliphatic carbocycles. The van der Waals surface area contributed by atoms with E-state index in [1.165, 1.54) is 12.1 Å². The SMILES string of the molecule is CC(C)NC1CCCN(Cc2ccc(F)cc2F)C1=O. The Hall–Kier alpha value is -1.49. The Balaban J connectivity index is 2.06. The smallest absolute Gasteiger partial charge is 0.240 e. The number of amides is 1. The van der Waals surface area contributed by atoms with Gasteiger partial charge in [0.15, 0.2) is 0 Å². The zero-order chi connectivity index (χ0) is 14.7. The van der Waals surface area contributed by atoms with Crippen LogP contribution in [0.3, 0.4) is 0 Å². The predicted molar refractivity (Wildman–Crippen MR) is 73.1 cm³/mol. The molecule has 0 radical (unpaired) electrons. The summed E-state index contributed by atoms with van der Waals surface area (Å²) in [6.45, 7) is 4.80. The van der Waals surface area contributed by atoms with Gasteiger partial charge in [-0.3, -0.25) is 4.79 Å². The first-order chi connectivity index (χ1) is 9.47. The van der Waals surface area contributed by atoms with Gasteiger partial charge in [-0.05, 0) is 18.9 Å². The van der Waals surface area contributed by atoms with Crippen molar-refractivity contribution in [1.82, 2.24) is 10.2 Å². The molecule has 0 bridgehead atoms. The van der Waals surface area contributed by atoms with Crippen molar-refractivity contribution < 1.29 is 13.6 Å². The highest BCUT2D eigenvalue weighted by Crippen LogP contribution is 2.18. The van der Waals surface area contributed by atoms with Crippen molar-refractivity contribution in [3.8, 4) is 0 Å². The number of likely N-dealkylation sites (tertiary alicyclic amines) is 1. The summed E-state index contributed by atoms with van der Waals surface area (Å²) in [5, 5.41) is 3.23. The van der Waals surface area contributed by atoms with Crippen LogP contribution in [0.2, 0.25) is 0 Å². The second-order valence-corrected chi connectivity index (χ2v) is 5.51. The molecule has 0 spiro atoms. The Labute approximate surface area is 118 Å². The number of rotatable bonds is 4. The van der Waals surface area contributed by atoms with E-state index in [9.17, 15) is 13.6 Å². The first-order valence-electron chi connectivity index (χ1n) is 6.96. The van der Waals surface area contributed by atoms with Gasteiger partial charge in [0.05, 0.1) is 6.04 Å². The van der Waals surface area contributed by atoms with Crippen molar-refractivity contribution in [3.63, 3.8) is 0 Å². The number of halogens is 2. The summed E-state index contributed by atoms with van der Waals surface area (Å²) in [5.74, 6) is -1.21. The van der Waals surface area contributed by atoms with Gasteiger partial charge in [0, 0.05) is 30.8 Å². The van der Waals surface area contributed by atoms with Crippen molar-refractivity contribution in [1.29, 1.82) is 0 Å². The van der Waals surface area contributed by atoms with Gasteiger partial charge >= 0.3 is 0 Å². The third-order valence-electron chi connectivity index (χ3n) is 3.44. The average Bonchev–Trinajstić information content (AvgIpc) is 2.36. The molecule has 1 aromatic rings. The summed E-state index contributed by atoms with van der Waals surface area (Å²) in [5.41, 5.74) is 0.352. The van der Waals surface area contributed by atoms with Gasteiger partial charge in [0.1, 0.15) is 11.6 Å². The van der Waals surface area contributed by atoms with E-state index in [-0.39, 0.29) is 24.5 Å². The molecule has 0 saturated carbocycles. The van der Waals surface area contributed by atoms with Gasteiger partial charge < -0.3 is 10.2 Å². The fourth-order valence-electron chi connectivity index (χ4n) is 2.51. The van der Waals surface area contributed by atoms with Crippen LogP contribution in [0.4, 0.5) is 8.78 Å². The standard InChI is InChI=1S/C15H20F2N2O/c1-10(2)18-14-4-3-7-19(15(14)20)9-11-5-6-12(16)8-13(11)17/h5-6,8,10,14,18H,3-4,7,9H2,1-2H3. The molecule has 1 aromatic carbocycles. The average molecular weight is 282 g/mol. The Morgan fingerprint density at radius 1 is 1.40 bits per heavy atom. The molecule has 3 nitrogen and oxygen atoms in total. The summed E-state index contributed by atoms with van der Waals surface area (Å²) in [7, 11) is 0. The molecule has 1 N–H and O–H groups in total.